The number of carbonyl (C=O) groups is 3. The zero-order valence-electron chi connectivity index (χ0n) is 15.6. The van der Waals surface area contributed by atoms with Gasteiger partial charge < -0.3 is 15.5 Å². The second-order valence-electron chi connectivity index (χ2n) is 6.68. The molecule has 0 radical (unpaired) electrons. The molecule has 1 amide bonds. The van der Waals surface area contributed by atoms with Gasteiger partial charge in [0.2, 0.25) is 5.91 Å². The molecule has 3 N–H and O–H groups in total. The van der Waals surface area contributed by atoms with Gasteiger partial charge in [0, 0.05) is 12.8 Å². The van der Waals surface area contributed by atoms with Gasteiger partial charge in [-0.05, 0) is 19.3 Å². The van der Waals surface area contributed by atoms with Gasteiger partial charge >= 0.3 is 11.9 Å². The van der Waals surface area contributed by atoms with Gasteiger partial charge in [0.05, 0.1) is 0 Å². The Balaban J connectivity index is 3.65. The van der Waals surface area contributed by atoms with Crippen molar-refractivity contribution >= 4 is 17.8 Å². The van der Waals surface area contributed by atoms with Crippen LogP contribution in [0.3, 0.4) is 0 Å². The molecule has 0 fully saturated rings. The Kier molecular flexibility index (Phi) is 14.9. The van der Waals surface area contributed by atoms with Crippen molar-refractivity contribution in [1.82, 2.24) is 5.32 Å². The van der Waals surface area contributed by atoms with Crippen LogP contribution < -0.4 is 5.32 Å². The molecule has 6 heteroatoms. The maximum atomic E-state index is 11.8. The number of carbonyl (C=O) groups excluding carboxylic acids is 1. The molecule has 146 valence electrons. The van der Waals surface area contributed by atoms with E-state index in [1.165, 1.54) is 44.9 Å². The number of carboxylic acids is 2. The lowest BCUT2D eigenvalue weighted by Gasteiger charge is -2.14. The first-order valence-electron chi connectivity index (χ1n) is 9.71. The lowest BCUT2D eigenvalue weighted by molar-refractivity contribution is -0.142. The van der Waals surface area contributed by atoms with Crippen LogP contribution in [0.1, 0.15) is 96.8 Å². The van der Waals surface area contributed by atoms with Gasteiger partial charge in [-0.3, -0.25) is 9.59 Å². The second-order valence-corrected chi connectivity index (χ2v) is 6.68. The number of rotatable bonds is 17. The molecule has 0 aliphatic heterocycles. The molecule has 25 heavy (non-hydrogen) atoms. The van der Waals surface area contributed by atoms with Gasteiger partial charge in [-0.1, -0.05) is 64.7 Å². The molecule has 0 saturated carbocycles. The van der Waals surface area contributed by atoms with Crippen LogP contribution in [-0.2, 0) is 14.4 Å². The number of unbranched alkanes of at least 4 members (excludes halogenated alkanes) is 9. The Morgan fingerprint density at radius 3 is 1.76 bits per heavy atom. The number of nitrogens with one attached hydrogen (secondary N) is 1. The van der Waals surface area contributed by atoms with Gasteiger partial charge in [-0.15, -0.1) is 0 Å². The molecule has 0 heterocycles. The Labute approximate surface area is 151 Å². The molecular formula is C19H35NO5. The van der Waals surface area contributed by atoms with E-state index in [9.17, 15) is 14.4 Å². The fourth-order valence-electron chi connectivity index (χ4n) is 2.75. The summed E-state index contributed by atoms with van der Waals surface area (Å²) in [4.78, 5) is 33.3. The van der Waals surface area contributed by atoms with Crippen molar-refractivity contribution < 1.29 is 24.6 Å². The third-order valence-corrected chi connectivity index (χ3v) is 4.27. The molecule has 0 spiro atoms. The quantitative estimate of drug-likeness (QED) is 0.340. The van der Waals surface area contributed by atoms with Crippen molar-refractivity contribution in [2.75, 3.05) is 0 Å². The van der Waals surface area contributed by atoms with Crippen molar-refractivity contribution in [3.05, 3.63) is 0 Å². The first-order chi connectivity index (χ1) is 12.0. The van der Waals surface area contributed by atoms with Crippen molar-refractivity contribution in [3.63, 3.8) is 0 Å². The van der Waals surface area contributed by atoms with E-state index in [0.717, 1.165) is 19.3 Å². The fourth-order valence-corrected chi connectivity index (χ4v) is 2.75. The molecule has 0 aliphatic carbocycles. The maximum absolute atomic E-state index is 11.8. The maximum Gasteiger partial charge on any atom is 0.326 e. The molecule has 0 aromatic rings. The smallest absolute Gasteiger partial charge is 0.326 e. The second kappa shape index (κ2) is 15.9. The van der Waals surface area contributed by atoms with E-state index < -0.39 is 18.0 Å². The number of hydrogen-bond donors (Lipinski definition) is 3. The molecule has 0 aliphatic rings. The van der Waals surface area contributed by atoms with E-state index in [1.54, 1.807) is 0 Å². The zero-order chi connectivity index (χ0) is 18.9. The topological polar surface area (TPSA) is 104 Å². The molecule has 0 bridgehead atoms. The summed E-state index contributed by atoms with van der Waals surface area (Å²) in [6.07, 6.45) is 12.5. The van der Waals surface area contributed by atoms with Crippen LogP contribution in [-0.4, -0.2) is 34.1 Å². The van der Waals surface area contributed by atoms with E-state index >= 15 is 0 Å². The highest BCUT2D eigenvalue weighted by Gasteiger charge is 2.19. The number of carboxylic acid groups (broad SMARTS) is 2. The predicted octanol–water partition coefficient (Wildman–Crippen LogP) is 4.12. The summed E-state index contributed by atoms with van der Waals surface area (Å²) in [5, 5.41) is 20.1. The Hall–Kier alpha value is -1.59. The molecule has 0 saturated heterocycles. The average molecular weight is 357 g/mol. The van der Waals surface area contributed by atoms with E-state index in [4.69, 9.17) is 10.2 Å². The van der Waals surface area contributed by atoms with Crippen molar-refractivity contribution in [2.24, 2.45) is 0 Å². The summed E-state index contributed by atoms with van der Waals surface area (Å²) < 4.78 is 0. The first kappa shape index (κ1) is 23.4. The highest BCUT2D eigenvalue weighted by Crippen LogP contribution is 2.11. The predicted molar refractivity (Wildman–Crippen MR) is 97.5 cm³/mol. The Morgan fingerprint density at radius 2 is 1.28 bits per heavy atom. The summed E-state index contributed by atoms with van der Waals surface area (Å²) in [6, 6.07) is -0.991. The van der Waals surface area contributed by atoms with Crippen LogP contribution in [0.25, 0.3) is 0 Å². The summed E-state index contributed by atoms with van der Waals surface area (Å²) in [5.41, 5.74) is 0. The van der Waals surface area contributed by atoms with Gasteiger partial charge in [-0.25, -0.2) is 4.79 Å². The number of hydrogen-bond acceptors (Lipinski definition) is 3. The third kappa shape index (κ3) is 15.7. The molecular weight excluding hydrogens is 322 g/mol. The summed E-state index contributed by atoms with van der Waals surface area (Å²) in [7, 11) is 0. The molecule has 1 atom stereocenters. The summed E-state index contributed by atoms with van der Waals surface area (Å²) in [5.74, 6) is -2.33. The highest BCUT2D eigenvalue weighted by molar-refractivity contribution is 5.83. The monoisotopic (exact) mass is 357 g/mol. The number of amides is 1. The van der Waals surface area contributed by atoms with Gasteiger partial charge in [0.15, 0.2) is 0 Å². The molecule has 6 nitrogen and oxygen atoms in total. The average Bonchev–Trinajstić information content (AvgIpc) is 2.55. The minimum atomic E-state index is -1.11. The lowest BCUT2D eigenvalue weighted by atomic mass is 10.1. The SMILES string of the molecule is CCCCCCCCCCCCC(=O)N[C@H](CCCC(=O)O)C(=O)O. The van der Waals surface area contributed by atoms with Crippen LogP contribution in [0.4, 0.5) is 0 Å². The molecule has 0 aromatic carbocycles. The Morgan fingerprint density at radius 1 is 0.760 bits per heavy atom. The normalized spacial score (nSPS) is 11.9. The third-order valence-electron chi connectivity index (χ3n) is 4.27. The summed E-state index contributed by atoms with van der Waals surface area (Å²) in [6.45, 7) is 2.21. The standard InChI is InChI=1S/C19H35NO5/c1-2-3-4-5-6-7-8-9-10-11-14-17(21)20-16(19(24)25)13-12-15-18(22)23/h16H,2-15H2,1H3,(H,20,21)(H,22,23)(H,24,25)/t16-/m1/s1. The number of aliphatic carboxylic acids is 2. The Bertz CT molecular complexity index is 384. The van der Waals surface area contributed by atoms with Crippen LogP contribution in [0, 0.1) is 0 Å². The summed E-state index contributed by atoms with van der Waals surface area (Å²) >= 11 is 0. The van der Waals surface area contributed by atoms with Gasteiger partial charge in [-0.2, -0.15) is 0 Å². The minimum Gasteiger partial charge on any atom is -0.481 e. The van der Waals surface area contributed by atoms with Crippen LogP contribution >= 0.6 is 0 Å². The molecule has 0 aromatic heterocycles. The van der Waals surface area contributed by atoms with Crippen molar-refractivity contribution in [1.29, 1.82) is 0 Å². The van der Waals surface area contributed by atoms with Crippen LogP contribution in [0.2, 0.25) is 0 Å². The highest BCUT2D eigenvalue weighted by atomic mass is 16.4. The van der Waals surface area contributed by atoms with E-state index in [-0.39, 0.29) is 25.2 Å². The molecule has 0 rings (SSSR count). The van der Waals surface area contributed by atoms with Crippen LogP contribution in [0.15, 0.2) is 0 Å². The van der Waals surface area contributed by atoms with E-state index in [2.05, 4.69) is 12.2 Å². The fraction of sp³-hybridized carbons (Fsp3) is 0.842. The molecule has 0 unspecified atom stereocenters. The van der Waals surface area contributed by atoms with E-state index in [1.807, 2.05) is 0 Å². The largest absolute Gasteiger partial charge is 0.481 e. The lowest BCUT2D eigenvalue weighted by Crippen LogP contribution is -2.40. The zero-order valence-corrected chi connectivity index (χ0v) is 15.6. The van der Waals surface area contributed by atoms with Gasteiger partial charge in [0.25, 0.3) is 0 Å². The van der Waals surface area contributed by atoms with Gasteiger partial charge in [0.1, 0.15) is 6.04 Å². The van der Waals surface area contributed by atoms with Crippen molar-refractivity contribution in [3.8, 4) is 0 Å². The van der Waals surface area contributed by atoms with Crippen LogP contribution in [0.5, 0.6) is 0 Å². The first-order valence-corrected chi connectivity index (χ1v) is 9.71. The van der Waals surface area contributed by atoms with E-state index in [0.29, 0.717) is 6.42 Å². The minimum absolute atomic E-state index is 0.0852. The van der Waals surface area contributed by atoms with Crippen molar-refractivity contribution in [2.45, 2.75) is 103 Å².